The summed E-state index contributed by atoms with van der Waals surface area (Å²) < 4.78 is 13.0. The maximum Gasteiger partial charge on any atom is 0.333 e. The molecule has 0 bridgehead atoms. The molecule has 8 heteroatoms. The van der Waals surface area contributed by atoms with Crippen LogP contribution in [0, 0.1) is 5.82 Å². The van der Waals surface area contributed by atoms with E-state index >= 15 is 0 Å². The van der Waals surface area contributed by atoms with Gasteiger partial charge >= 0.3 is 5.97 Å². The van der Waals surface area contributed by atoms with Gasteiger partial charge in [-0.1, -0.05) is 12.1 Å². The van der Waals surface area contributed by atoms with Gasteiger partial charge in [-0.05, 0) is 42.5 Å². The van der Waals surface area contributed by atoms with Crippen LogP contribution in [0.3, 0.4) is 0 Å². The van der Waals surface area contributed by atoms with Gasteiger partial charge in [-0.25, -0.2) is 9.18 Å². The Labute approximate surface area is 154 Å². The molecule has 26 heavy (non-hydrogen) atoms. The van der Waals surface area contributed by atoms with E-state index in [1.165, 1.54) is 30.4 Å². The topological polar surface area (TPSA) is 95.5 Å². The van der Waals surface area contributed by atoms with Crippen LogP contribution in [-0.2, 0) is 15.1 Å². The van der Waals surface area contributed by atoms with Crippen LogP contribution in [-0.4, -0.2) is 29.4 Å². The molecule has 0 saturated carbocycles. The molecule has 0 aliphatic carbocycles. The summed E-state index contributed by atoms with van der Waals surface area (Å²) >= 11 is 1.42. The van der Waals surface area contributed by atoms with Crippen LogP contribution >= 0.6 is 11.3 Å². The average Bonchev–Trinajstić information content (AvgIpc) is 3.13. The highest BCUT2D eigenvalue weighted by molar-refractivity contribution is 7.08. The Balaban J connectivity index is 1.87. The second-order valence-corrected chi connectivity index (χ2v) is 6.64. The molecule has 1 unspecified atom stereocenters. The number of carbonyl (C=O) groups excluding carboxylic acids is 2. The highest BCUT2D eigenvalue weighted by Gasteiger charge is 2.36. The Kier molecular flexibility index (Phi) is 6.46. The normalized spacial score (nSPS) is 12.8. The zero-order valence-corrected chi connectivity index (χ0v) is 14.9. The fraction of sp³-hybridized carbons (Fsp3) is 0.278. The molecule has 0 aliphatic rings. The van der Waals surface area contributed by atoms with E-state index in [2.05, 4.69) is 10.6 Å². The van der Waals surface area contributed by atoms with Gasteiger partial charge in [-0.2, -0.15) is 11.3 Å². The van der Waals surface area contributed by atoms with E-state index in [9.17, 15) is 23.9 Å². The molecule has 2 amide bonds. The summed E-state index contributed by atoms with van der Waals surface area (Å²) in [5.41, 5.74) is -0.829. The smallest absolute Gasteiger partial charge is 0.333 e. The maximum atomic E-state index is 13.0. The summed E-state index contributed by atoms with van der Waals surface area (Å²) in [6, 6.07) is 6.63. The third-order valence-corrected chi connectivity index (χ3v) is 4.57. The number of hydrogen-bond acceptors (Lipinski definition) is 4. The molecule has 2 rings (SSSR count). The second-order valence-electron chi connectivity index (χ2n) is 5.86. The average molecular weight is 378 g/mol. The summed E-state index contributed by atoms with van der Waals surface area (Å²) in [6.45, 7) is 1.64. The first kappa shape index (κ1) is 19.6. The quantitative estimate of drug-likeness (QED) is 0.615. The summed E-state index contributed by atoms with van der Waals surface area (Å²) in [7, 11) is 0. The number of halogens is 1. The molecular formula is C18H19FN2O4S. The number of rotatable bonds is 8. The zero-order chi connectivity index (χ0) is 19.2. The van der Waals surface area contributed by atoms with E-state index in [0.29, 0.717) is 18.5 Å². The number of carboxylic acids is 1. The summed E-state index contributed by atoms with van der Waals surface area (Å²) in [6.07, 6.45) is 0.412. The lowest BCUT2D eigenvalue weighted by molar-refractivity contribution is -0.147. The van der Waals surface area contributed by atoms with Crippen molar-refractivity contribution in [3.63, 3.8) is 0 Å². The SMILES string of the molecule is CC(NC(=O)CCCNC(=O)c1ccsc1)(C(=O)O)c1ccc(F)cc1. The highest BCUT2D eigenvalue weighted by Crippen LogP contribution is 2.22. The van der Waals surface area contributed by atoms with Gasteiger partial charge < -0.3 is 15.7 Å². The van der Waals surface area contributed by atoms with Crippen LogP contribution < -0.4 is 10.6 Å². The van der Waals surface area contributed by atoms with Crippen molar-refractivity contribution in [2.24, 2.45) is 0 Å². The first-order chi connectivity index (χ1) is 12.3. The Morgan fingerprint density at radius 3 is 2.46 bits per heavy atom. The molecule has 0 spiro atoms. The van der Waals surface area contributed by atoms with Gasteiger partial charge in [0.15, 0.2) is 5.54 Å². The van der Waals surface area contributed by atoms with Crippen molar-refractivity contribution in [1.29, 1.82) is 0 Å². The lowest BCUT2D eigenvalue weighted by Crippen LogP contribution is -2.49. The van der Waals surface area contributed by atoms with E-state index < -0.39 is 23.2 Å². The van der Waals surface area contributed by atoms with Crippen LogP contribution in [0.4, 0.5) is 4.39 Å². The number of carboxylic acid groups (broad SMARTS) is 1. The van der Waals surface area contributed by atoms with Gasteiger partial charge in [0.2, 0.25) is 5.91 Å². The Bertz CT molecular complexity index is 777. The van der Waals surface area contributed by atoms with Crippen LogP contribution in [0.5, 0.6) is 0 Å². The monoisotopic (exact) mass is 378 g/mol. The minimum absolute atomic E-state index is 0.0496. The van der Waals surface area contributed by atoms with Gasteiger partial charge in [0.25, 0.3) is 5.91 Å². The molecule has 6 nitrogen and oxygen atoms in total. The van der Waals surface area contributed by atoms with Crippen molar-refractivity contribution >= 4 is 29.1 Å². The predicted octanol–water partition coefficient (Wildman–Crippen LogP) is 2.51. The number of carbonyl (C=O) groups is 3. The largest absolute Gasteiger partial charge is 0.479 e. The Hall–Kier alpha value is -2.74. The fourth-order valence-corrected chi connectivity index (χ4v) is 2.96. The standard InChI is InChI=1S/C18H19FN2O4S/c1-18(17(24)25,13-4-6-14(19)7-5-13)21-15(22)3-2-9-20-16(23)12-8-10-26-11-12/h4-8,10-11H,2-3,9H2,1H3,(H,20,23)(H,21,22)(H,24,25). The summed E-state index contributed by atoms with van der Waals surface area (Å²) in [5.74, 6) is -2.42. The highest BCUT2D eigenvalue weighted by atomic mass is 32.1. The third-order valence-electron chi connectivity index (χ3n) is 3.89. The molecule has 0 fully saturated rings. The van der Waals surface area contributed by atoms with Crippen molar-refractivity contribution in [3.8, 4) is 0 Å². The minimum atomic E-state index is -1.66. The number of amides is 2. The van der Waals surface area contributed by atoms with E-state index in [1.54, 1.807) is 16.8 Å². The van der Waals surface area contributed by atoms with Gasteiger partial charge in [-0.3, -0.25) is 9.59 Å². The van der Waals surface area contributed by atoms with Gasteiger partial charge in [0.05, 0.1) is 0 Å². The molecule has 3 N–H and O–H groups in total. The lowest BCUT2D eigenvalue weighted by atomic mass is 9.91. The molecule has 0 saturated heterocycles. The van der Waals surface area contributed by atoms with E-state index in [4.69, 9.17) is 0 Å². The predicted molar refractivity (Wildman–Crippen MR) is 95.4 cm³/mol. The Morgan fingerprint density at radius 1 is 1.19 bits per heavy atom. The zero-order valence-electron chi connectivity index (χ0n) is 14.1. The van der Waals surface area contributed by atoms with E-state index in [0.717, 1.165) is 12.1 Å². The first-order valence-corrected chi connectivity index (χ1v) is 8.88. The molecular weight excluding hydrogens is 359 g/mol. The number of thiophene rings is 1. The second kappa shape index (κ2) is 8.57. The molecule has 0 aliphatic heterocycles. The molecule has 1 aromatic heterocycles. The molecule has 1 heterocycles. The first-order valence-electron chi connectivity index (χ1n) is 7.94. The maximum absolute atomic E-state index is 13.0. The number of aliphatic carboxylic acids is 1. The number of hydrogen-bond donors (Lipinski definition) is 3. The molecule has 2 aromatic rings. The van der Waals surface area contributed by atoms with Crippen molar-refractivity contribution in [3.05, 3.63) is 58.0 Å². The molecule has 1 aromatic carbocycles. The minimum Gasteiger partial charge on any atom is -0.479 e. The number of nitrogens with one attached hydrogen (secondary N) is 2. The van der Waals surface area contributed by atoms with E-state index in [1.807, 2.05) is 0 Å². The fourth-order valence-electron chi connectivity index (χ4n) is 2.32. The van der Waals surface area contributed by atoms with Crippen LogP contribution in [0.15, 0.2) is 41.1 Å². The van der Waals surface area contributed by atoms with Crippen molar-refractivity contribution in [2.45, 2.75) is 25.3 Å². The van der Waals surface area contributed by atoms with E-state index in [-0.39, 0.29) is 17.9 Å². The van der Waals surface area contributed by atoms with Crippen LogP contribution in [0.2, 0.25) is 0 Å². The van der Waals surface area contributed by atoms with Crippen molar-refractivity contribution in [2.75, 3.05) is 6.54 Å². The molecule has 138 valence electrons. The lowest BCUT2D eigenvalue weighted by Gasteiger charge is -2.27. The summed E-state index contributed by atoms with van der Waals surface area (Å²) in [4.78, 5) is 35.5. The van der Waals surface area contributed by atoms with Gasteiger partial charge in [-0.15, -0.1) is 0 Å². The molecule has 1 atom stereocenters. The van der Waals surface area contributed by atoms with Crippen LogP contribution in [0.1, 0.15) is 35.7 Å². The van der Waals surface area contributed by atoms with Crippen LogP contribution in [0.25, 0.3) is 0 Å². The Morgan fingerprint density at radius 2 is 1.88 bits per heavy atom. The van der Waals surface area contributed by atoms with Crippen molar-refractivity contribution < 1.29 is 23.9 Å². The van der Waals surface area contributed by atoms with Gasteiger partial charge in [0, 0.05) is 23.9 Å². The van der Waals surface area contributed by atoms with Gasteiger partial charge in [0.1, 0.15) is 5.82 Å². The van der Waals surface area contributed by atoms with Crippen molar-refractivity contribution in [1.82, 2.24) is 10.6 Å². The molecule has 0 radical (unpaired) electrons. The summed E-state index contributed by atoms with van der Waals surface area (Å²) in [5, 5.41) is 18.2. The number of benzene rings is 1. The third kappa shape index (κ3) is 4.89.